The third kappa shape index (κ3) is 2.80. The van der Waals surface area contributed by atoms with Gasteiger partial charge in [-0.25, -0.2) is 0 Å². The van der Waals surface area contributed by atoms with E-state index in [2.05, 4.69) is 5.32 Å². The van der Waals surface area contributed by atoms with Crippen molar-refractivity contribution in [3.05, 3.63) is 36.0 Å². The van der Waals surface area contributed by atoms with Crippen LogP contribution in [-0.4, -0.2) is 39.3 Å². The lowest BCUT2D eigenvalue weighted by molar-refractivity contribution is -0.137. The second kappa shape index (κ2) is 5.75. The van der Waals surface area contributed by atoms with E-state index < -0.39 is 24.5 Å². The monoisotopic (exact) mass is 276 g/mol. The molecule has 2 rings (SSSR count). The largest absolute Gasteiger partial charge is 0.481 e. The van der Waals surface area contributed by atoms with E-state index in [0.29, 0.717) is 5.69 Å². The van der Waals surface area contributed by atoms with Crippen LogP contribution >= 0.6 is 0 Å². The van der Waals surface area contributed by atoms with Crippen molar-refractivity contribution in [2.45, 2.75) is 12.5 Å². The molecule has 6 heteroatoms. The second-order valence-electron chi connectivity index (χ2n) is 4.60. The highest BCUT2D eigenvalue weighted by Gasteiger charge is 2.18. The number of hydrogen-bond acceptors (Lipinski definition) is 3. The van der Waals surface area contributed by atoms with E-state index in [0.717, 1.165) is 10.9 Å². The molecule has 1 heterocycles. The quantitative estimate of drug-likeness (QED) is 0.751. The second-order valence-corrected chi connectivity index (χ2v) is 4.60. The standard InChI is InChI=1S/C14H16N2O4/c1-16-11-5-3-2-4-9(11)6-12(16)14(20)15-10(8-17)7-13(18)19/h2-6,10,17H,7-8H2,1H3,(H,15,20)(H,18,19)/t10-/m0/s1. The number of aryl methyl sites for hydroxylation is 1. The van der Waals surface area contributed by atoms with Gasteiger partial charge in [0.15, 0.2) is 0 Å². The Balaban J connectivity index is 2.22. The summed E-state index contributed by atoms with van der Waals surface area (Å²) in [7, 11) is 1.77. The maximum atomic E-state index is 12.1. The zero-order valence-corrected chi connectivity index (χ0v) is 11.0. The van der Waals surface area contributed by atoms with Crippen molar-refractivity contribution in [3.63, 3.8) is 0 Å². The number of aliphatic hydroxyl groups excluding tert-OH is 1. The van der Waals surface area contributed by atoms with E-state index in [1.807, 2.05) is 24.3 Å². The Labute approximate surface area is 115 Å². The number of hydrogen-bond donors (Lipinski definition) is 3. The van der Waals surface area contributed by atoms with E-state index in [-0.39, 0.29) is 6.42 Å². The number of aliphatic carboxylic acids is 1. The fourth-order valence-electron chi connectivity index (χ4n) is 2.14. The van der Waals surface area contributed by atoms with Crippen LogP contribution in [0, 0.1) is 0 Å². The van der Waals surface area contributed by atoms with Crippen LogP contribution in [-0.2, 0) is 11.8 Å². The van der Waals surface area contributed by atoms with Gasteiger partial charge in [0, 0.05) is 18.0 Å². The molecular formula is C14H16N2O4. The number of carboxylic acids is 1. The molecule has 0 fully saturated rings. The third-order valence-corrected chi connectivity index (χ3v) is 3.16. The molecule has 0 saturated heterocycles. The average molecular weight is 276 g/mol. The Morgan fingerprint density at radius 3 is 2.65 bits per heavy atom. The molecule has 3 N–H and O–H groups in total. The van der Waals surface area contributed by atoms with E-state index >= 15 is 0 Å². The van der Waals surface area contributed by atoms with Crippen molar-refractivity contribution in [3.8, 4) is 0 Å². The number of amides is 1. The summed E-state index contributed by atoms with van der Waals surface area (Å²) in [5.41, 5.74) is 1.34. The van der Waals surface area contributed by atoms with Crippen molar-refractivity contribution in [1.29, 1.82) is 0 Å². The van der Waals surface area contributed by atoms with Gasteiger partial charge in [0.2, 0.25) is 0 Å². The molecule has 0 aliphatic rings. The van der Waals surface area contributed by atoms with Crippen molar-refractivity contribution in [1.82, 2.24) is 9.88 Å². The van der Waals surface area contributed by atoms with Gasteiger partial charge in [-0.1, -0.05) is 18.2 Å². The number of para-hydroxylation sites is 1. The smallest absolute Gasteiger partial charge is 0.305 e. The molecule has 0 radical (unpaired) electrons. The number of rotatable bonds is 5. The van der Waals surface area contributed by atoms with Gasteiger partial charge in [0.25, 0.3) is 5.91 Å². The van der Waals surface area contributed by atoms with Gasteiger partial charge in [-0.2, -0.15) is 0 Å². The lowest BCUT2D eigenvalue weighted by Crippen LogP contribution is -2.39. The molecular weight excluding hydrogens is 260 g/mol. The van der Waals surface area contributed by atoms with Crippen LogP contribution in [0.2, 0.25) is 0 Å². The molecule has 106 valence electrons. The van der Waals surface area contributed by atoms with Crippen LogP contribution in [0.25, 0.3) is 10.9 Å². The minimum absolute atomic E-state index is 0.313. The third-order valence-electron chi connectivity index (χ3n) is 3.16. The SMILES string of the molecule is Cn1c(C(=O)N[C@H](CO)CC(=O)O)cc2ccccc21. The molecule has 6 nitrogen and oxygen atoms in total. The molecule has 2 aromatic rings. The van der Waals surface area contributed by atoms with Crippen LogP contribution < -0.4 is 5.32 Å². The normalized spacial score (nSPS) is 12.3. The molecule has 1 amide bonds. The predicted octanol–water partition coefficient (Wildman–Crippen LogP) is 0.744. The Bertz CT molecular complexity index is 648. The van der Waals surface area contributed by atoms with Gasteiger partial charge in [-0.3, -0.25) is 9.59 Å². The minimum atomic E-state index is -1.07. The molecule has 20 heavy (non-hydrogen) atoms. The molecule has 0 aliphatic heterocycles. The summed E-state index contributed by atoms with van der Waals surface area (Å²) in [6.07, 6.45) is -0.313. The summed E-state index contributed by atoms with van der Waals surface area (Å²) in [4.78, 5) is 22.8. The Morgan fingerprint density at radius 2 is 2.05 bits per heavy atom. The molecule has 0 saturated carbocycles. The summed E-state index contributed by atoms with van der Waals surface area (Å²) in [5.74, 6) is -1.47. The summed E-state index contributed by atoms with van der Waals surface area (Å²) in [6.45, 7) is -0.415. The summed E-state index contributed by atoms with van der Waals surface area (Å²) < 4.78 is 1.74. The number of benzene rings is 1. The Kier molecular flexibility index (Phi) is 4.05. The van der Waals surface area contributed by atoms with Gasteiger partial charge in [-0.05, 0) is 12.1 Å². The molecule has 1 aromatic carbocycles. The molecule has 1 aromatic heterocycles. The maximum absolute atomic E-state index is 12.1. The highest BCUT2D eigenvalue weighted by molar-refractivity contribution is 5.99. The van der Waals surface area contributed by atoms with Crippen molar-refractivity contribution in [2.75, 3.05) is 6.61 Å². The predicted molar refractivity (Wildman–Crippen MR) is 73.5 cm³/mol. The van der Waals surface area contributed by atoms with Crippen LogP contribution in [0.15, 0.2) is 30.3 Å². The van der Waals surface area contributed by atoms with Crippen LogP contribution in [0.3, 0.4) is 0 Å². The van der Waals surface area contributed by atoms with Gasteiger partial charge >= 0.3 is 5.97 Å². The minimum Gasteiger partial charge on any atom is -0.481 e. The number of carbonyl (C=O) groups is 2. The zero-order valence-electron chi connectivity index (χ0n) is 11.0. The number of carboxylic acid groups (broad SMARTS) is 1. The molecule has 0 bridgehead atoms. The number of aliphatic hydroxyl groups is 1. The number of nitrogens with one attached hydrogen (secondary N) is 1. The topological polar surface area (TPSA) is 91.6 Å². The van der Waals surface area contributed by atoms with Crippen LogP contribution in [0.4, 0.5) is 0 Å². The maximum Gasteiger partial charge on any atom is 0.305 e. The van der Waals surface area contributed by atoms with Crippen molar-refractivity contribution < 1.29 is 19.8 Å². The van der Waals surface area contributed by atoms with E-state index in [9.17, 15) is 9.59 Å². The van der Waals surface area contributed by atoms with Gasteiger partial charge < -0.3 is 20.1 Å². The fraction of sp³-hybridized carbons (Fsp3) is 0.286. The number of nitrogens with zero attached hydrogens (tertiary/aromatic N) is 1. The lowest BCUT2D eigenvalue weighted by Gasteiger charge is -2.14. The van der Waals surface area contributed by atoms with Crippen LogP contribution in [0.5, 0.6) is 0 Å². The number of carbonyl (C=O) groups excluding carboxylic acids is 1. The first kappa shape index (κ1) is 14.1. The van der Waals surface area contributed by atoms with E-state index in [1.54, 1.807) is 17.7 Å². The number of aromatic nitrogens is 1. The van der Waals surface area contributed by atoms with Crippen molar-refractivity contribution >= 4 is 22.8 Å². The molecule has 0 aliphatic carbocycles. The van der Waals surface area contributed by atoms with Gasteiger partial charge in [-0.15, -0.1) is 0 Å². The molecule has 0 unspecified atom stereocenters. The first-order valence-corrected chi connectivity index (χ1v) is 6.21. The average Bonchev–Trinajstić information content (AvgIpc) is 2.75. The van der Waals surface area contributed by atoms with Crippen LogP contribution in [0.1, 0.15) is 16.9 Å². The first-order chi connectivity index (χ1) is 9.52. The first-order valence-electron chi connectivity index (χ1n) is 6.21. The Morgan fingerprint density at radius 1 is 1.35 bits per heavy atom. The zero-order chi connectivity index (χ0) is 14.7. The summed E-state index contributed by atoms with van der Waals surface area (Å²) in [6, 6.07) is 8.49. The van der Waals surface area contributed by atoms with Gasteiger partial charge in [0.05, 0.1) is 19.1 Å². The summed E-state index contributed by atoms with van der Waals surface area (Å²) >= 11 is 0. The highest BCUT2D eigenvalue weighted by Crippen LogP contribution is 2.18. The number of fused-ring (bicyclic) bond motifs is 1. The fourth-order valence-corrected chi connectivity index (χ4v) is 2.14. The molecule has 0 spiro atoms. The Hall–Kier alpha value is -2.34. The summed E-state index contributed by atoms with van der Waals surface area (Å²) in [5, 5.41) is 21.2. The van der Waals surface area contributed by atoms with E-state index in [1.165, 1.54) is 0 Å². The highest BCUT2D eigenvalue weighted by atomic mass is 16.4. The molecule has 1 atom stereocenters. The lowest BCUT2D eigenvalue weighted by atomic mass is 10.2. The van der Waals surface area contributed by atoms with Gasteiger partial charge in [0.1, 0.15) is 5.69 Å². The van der Waals surface area contributed by atoms with E-state index in [4.69, 9.17) is 10.2 Å². The van der Waals surface area contributed by atoms with Crippen molar-refractivity contribution in [2.24, 2.45) is 7.05 Å².